The average molecular weight is 441 g/mol. The second kappa shape index (κ2) is 8.38. The van der Waals surface area contributed by atoms with Crippen molar-refractivity contribution in [3.8, 4) is 0 Å². The third kappa shape index (κ3) is 4.57. The number of hydrogen-bond donors (Lipinski definition) is 3. The highest BCUT2D eigenvalue weighted by Gasteiger charge is 2.55. The lowest BCUT2D eigenvalue weighted by Crippen LogP contribution is -2.54. The average Bonchev–Trinajstić information content (AvgIpc) is 2.82. The molecule has 9 nitrogen and oxygen atoms in total. The summed E-state index contributed by atoms with van der Waals surface area (Å²) in [7, 11) is 0. The van der Waals surface area contributed by atoms with Gasteiger partial charge in [-0.2, -0.15) is 5.01 Å². The number of carbonyl (C=O) groups is 4. The summed E-state index contributed by atoms with van der Waals surface area (Å²) in [5.41, 5.74) is 1.21. The van der Waals surface area contributed by atoms with Crippen LogP contribution in [0.4, 0.5) is 15.3 Å². The molecule has 146 valence electrons. The quantitative estimate of drug-likeness (QED) is 0.463. The van der Waals surface area contributed by atoms with E-state index in [0.717, 1.165) is 4.47 Å². The maximum absolute atomic E-state index is 12.8. The second-order valence-electron chi connectivity index (χ2n) is 6.25. The molecule has 0 aromatic heterocycles. The smallest absolute Gasteiger partial charge is 0.344 e. The summed E-state index contributed by atoms with van der Waals surface area (Å²) in [5.74, 6) is -1.73. The van der Waals surface area contributed by atoms with Crippen molar-refractivity contribution < 1.29 is 23.9 Å². The molecule has 1 unspecified atom stereocenters. The second-order valence-corrected chi connectivity index (χ2v) is 7.17. The minimum Gasteiger partial charge on any atom is -0.466 e. The zero-order valence-electron chi connectivity index (χ0n) is 15.2. The van der Waals surface area contributed by atoms with Gasteiger partial charge in [-0.05, 0) is 37.1 Å². The van der Waals surface area contributed by atoms with E-state index in [1.165, 1.54) is 0 Å². The van der Waals surface area contributed by atoms with Gasteiger partial charge in [-0.3, -0.25) is 9.59 Å². The number of imide groups is 1. The molecular formula is C17H21BrN4O5. The minimum atomic E-state index is -1.48. The van der Waals surface area contributed by atoms with Gasteiger partial charge in [-0.1, -0.05) is 29.8 Å². The van der Waals surface area contributed by atoms with Crippen LogP contribution in [-0.4, -0.2) is 41.1 Å². The molecule has 0 radical (unpaired) electrons. The Morgan fingerprint density at radius 3 is 2.44 bits per heavy atom. The zero-order chi connectivity index (χ0) is 20.2. The SMILES string of the molecule is CCOC(=O)CC1(C(C)C)NC(=O)N(NC(=O)Nc2ccc(Br)cc2)C1=O. The van der Waals surface area contributed by atoms with Crippen molar-refractivity contribution in [1.82, 2.24) is 15.8 Å². The number of hydrazine groups is 1. The molecule has 1 heterocycles. The van der Waals surface area contributed by atoms with Crippen molar-refractivity contribution >= 4 is 45.6 Å². The normalized spacial score (nSPS) is 19.1. The number of anilines is 1. The zero-order valence-corrected chi connectivity index (χ0v) is 16.8. The van der Waals surface area contributed by atoms with Crippen LogP contribution in [0.3, 0.4) is 0 Å². The van der Waals surface area contributed by atoms with Gasteiger partial charge in [0.25, 0.3) is 5.91 Å². The van der Waals surface area contributed by atoms with Gasteiger partial charge in [0, 0.05) is 10.2 Å². The van der Waals surface area contributed by atoms with E-state index < -0.39 is 35.4 Å². The maximum atomic E-state index is 12.8. The van der Waals surface area contributed by atoms with Crippen LogP contribution in [0, 0.1) is 5.92 Å². The minimum absolute atomic E-state index is 0.159. The fraction of sp³-hybridized carbons (Fsp3) is 0.412. The number of rotatable bonds is 6. The van der Waals surface area contributed by atoms with E-state index in [1.807, 2.05) is 0 Å². The standard InChI is InChI=1S/C17H21BrN4O5/c1-4-27-13(23)9-17(10(2)3)14(24)22(16(26)20-17)21-15(25)19-12-7-5-11(18)6-8-12/h5-8,10H,4,9H2,1-3H3,(H,20,26)(H2,19,21,25). The summed E-state index contributed by atoms with van der Waals surface area (Å²) in [4.78, 5) is 49.2. The highest BCUT2D eigenvalue weighted by molar-refractivity contribution is 9.10. The van der Waals surface area contributed by atoms with Gasteiger partial charge < -0.3 is 15.4 Å². The lowest BCUT2D eigenvalue weighted by atomic mass is 9.83. The van der Waals surface area contributed by atoms with Crippen molar-refractivity contribution in [3.05, 3.63) is 28.7 Å². The summed E-state index contributed by atoms with van der Waals surface area (Å²) >= 11 is 3.28. The van der Waals surface area contributed by atoms with E-state index >= 15 is 0 Å². The molecule has 1 aliphatic heterocycles. The van der Waals surface area contributed by atoms with E-state index in [0.29, 0.717) is 10.7 Å². The Hall–Kier alpha value is -2.62. The Labute approximate surface area is 164 Å². The van der Waals surface area contributed by atoms with Crippen molar-refractivity contribution in [2.45, 2.75) is 32.7 Å². The van der Waals surface area contributed by atoms with E-state index in [4.69, 9.17) is 4.74 Å². The molecule has 10 heteroatoms. The maximum Gasteiger partial charge on any atom is 0.344 e. The summed E-state index contributed by atoms with van der Waals surface area (Å²) in [5, 5.41) is 5.62. The Morgan fingerprint density at radius 2 is 1.89 bits per heavy atom. The molecule has 2 rings (SSSR count). The fourth-order valence-electron chi connectivity index (χ4n) is 2.64. The van der Waals surface area contributed by atoms with Crippen LogP contribution in [0.1, 0.15) is 27.2 Å². The van der Waals surface area contributed by atoms with E-state index in [9.17, 15) is 19.2 Å². The topological polar surface area (TPSA) is 117 Å². The molecule has 27 heavy (non-hydrogen) atoms. The summed E-state index contributed by atoms with van der Waals surface area (Å²) in [6.07, 6.45) is -0.324. The Bertz CT molecular complexity index is 752. The lowest BCUT2D eigenvalue weighted by Gasteiger charge is -2.29. The third-order valence-corrected chi connectivity index (χ3v) is 4.68. The molecule has 0 aliphatic carbocycles. The molecule has 0 spiro atoms. The number of hydrogen-bond acceptors (Lipinski definition) is 5. The predicted octanol–water partition coefficient (Wildman–Crippen LogP) is 2.39. The molecule has 1 aromatic rings. The number of nitrogens with zero attached hydrogens (tertiary/aromatic N) is 1. The van der Waals surface area contributed by atoms with Crippen LogP contribution in [-0.2, 0) is 14.3 Å². The highest BCUT2D eigenvalue weighted by Crippen LogP contribution is 2.29. The summed E-state index contributed by atoms with van der Waals surface area (Å²) in [6.45, 7) is 5.20. The van der Waals surface area contributed by atoms with Gasteiger partial charge in [-0.25, -0.2) is 15.0 Å². The van der Waals surface area contributed by atoms with Crippen LogP contribution in [0.5, 0.6) is 0 Å². The van der Waals surface area contributed by atoms with Gasteiger partial charge >= 0.3 is 18.0 Å². The van der Waals surface area contributed by atoms with Crippen LogP contribution in [0.15, 0.2) is 28.7 Å². The molecule has 1 atom stereocenters. The van der Waals surface area contributed by atoms with Gasteiger partial charge in [0.05, 0.1) is 13.0 Å². The Kier molecular flexibility index (Phi) is 6.42. The van der Waals surface area contributed by atoms with Crippen LogP contribution in [0.25, 0.3) is 0 Å². The van der Waals surface area contributed by atoms with Gasteiger partial charge in [0.2, 0.25) is 0 Å². The van der Waals surface area contributed by atoms with Crippen LogP contribution in [0.2, 0.25) is 0 Å². The molecule has 0 bridgehead atoms. The summed E-state index contributed by atoms with van der Waals surface area (Å²) in [6, 6.07) is 5.17. The number of halogens is 1. The molecular weight excluding hydrogens is 420 g/mol. The van der Waals surface area contributed by atoms with Crippen molar-refractivity contribution in [2.24, 2.45) is 5.92 Å². The number of esters is 1. The predicted molar refractivity (Wildman–Crippen MR) is 100 cm³/mol. The number of carbonyl (C=O) groups excluding carboxylic acids is 4. The third-order valence-electron chi connectivity index (χ3n) is 4.15. The molecule has 1 saturated heterocycles. The Morgan fingerprint density at radius 1 is 1.26 bits per heavy atom. The first-order chi connectivity index (χ1) is 12.7. The van der Waals surface area contributed by atoms with Gasteiger partial charge in [-0.15, -0.1) is 0 Å². The first-order valence-corrected chi connectivity index (χ1v) is 9.14. The van der Waals surface area contributed by atoms with Gasteiger partial charge in [0.15, 0.2) is 0 Å². The fourth-order valence-corrected chi connectivity index (χ4v) is 2.91. The molecule has 0 saturated carbocycles. The van der Waals surface area contributed by atoms with E-state index in [1.54, 1.807) is 45.0 Å². The first-order valence-electron chi connectivity index (χ1n) is 8.35. The van der Waals surface area contributed by atoms with Crippen LogP contribution < -0.4 is 16.1 Å². The molecule has 1 aromatic carbocycles. The molecule has 3 N–H and O–H groups in total. The van der Waals surface area contributed by atoms with Gasteiger partial charge in [0.1, 0.15) is 5.54 Å². The number of nitrogens with one attached hydrogen (secondary N) is 3. The van der Waals surface area contributed by atoms with E-state index in [2.05, 4.69) is 32.0 Å². The highest BCUT2D eigenvalue weighted by atomic mass is 79.9. The monoisotopic (exact) mass is 440 g/mol. The number of amides is 5. The molecule has 5 amide bonds. The number of benzene rings is 1. The molecule has 1 fully saturated rings. The summed E-state index contributed by atoms with van der Waals surface area (Å²) < 4.78 is 5.74. The van der Waals surface area contributed by atoms with E-state index in [-0.39, 0.29) is 13.0 Å². The van der Waals surface area contributed by atoms with Crippen LogP contribution >= 0.6 is 15.9 Å². The van der Waals surface area contributed by atoms with Crippen molar-refractivity contribution in [2.75, 3.05) is 11.9 Å². The number of ether oxygens (including phenoxy) is 1. The Balaban J connectivity index is 2.12. The lowest BCUT2D eigenvalue weighted by molar-refractivity contribution is -0.149. The largest absolute Gasteiger partial charge is 0.466 e. The van der Waals surface area contributed by atoms with Crippen molar-refractivity contribution in [3.63, 3.8) is 0 Å². The first kappa shape index (κ1) is 20.7. The van der Waals surface area contributed by atoms with Crippen molar-refractivity contribution in [1.29, 1.82) is 0 Å². The number of urea groups is 2. The molecule has 1 aliphatic rings.